The molecule has 0 atom stereocenters. The predicted octanol–water partition coefficient (Wildman–Crippen LogP) is 8.92. The van der Waals surface area contributed by atoms with Gasteiger partial charge in [-0.3, -0.25) is 0 Å². The quantitative estimate of drug-likeness (QED) is 0.245. The van der Waals surface area contributed by atoms with Gasteiger partial charge in [-0.25, -0.2) is 4.52 Å². The van der Waals surface area contributed by atoms with Crippen LogP contribution in [0.2, 0.25) is 0 Å². The number of benzene rings is 5. The molecule has 0 unspecified atom stereocenters. The Bertz CT molecular complexity index is 2060. The first-order valence-corrected chi connectivity index (χ1v) is 12.9. The summed E-state index contributed by atoms with van der Waals surface area (Å²) < 4.78 is 4.39. The topological polar surface area (TPSA) is 22.2 Å². The van der Waals surface area contributed by atoms with Crippen LogP contribution in [0.1, 0.15) is 0 Å². The van der Waals surface area contributed by atoms with Crippen LogP contribution >= 0.6 is 0 Å². The van der Waals surface area contributed by atoms with Gasteiger partial charge in [-0.15, -0.1) is 0 Å². The molecule has 0 bridgehead atoms. The number of hydrogen-bond acceptors (Lipinski definition) is 1. The van der Waals surface area contributed by atoms with Crippen molar-refractivity contribution in [3.8, 4) is 27.9 Å². The highest BCUT2D eigenvalue weighted by atomic mass is 15.2. The number of fused-ring (bicyclic) bond motifs is 6. The molecule has 0 aliphatic heterocycles. The molecule has 0 aliphatic rings. The molecule has 3 nitrogen and oxygen atoms in total. The second-order valence-electron chi connectivity index (χ2n) is 9.74. The summed E-state index contributed by atoms with van der Waals surface area (Å²) in [4.78, 5) is 0. The Balaban J connectivity index is 1.16. The molecule has 5 aromatic carbocycles. The fourth-order valence-electron chi connectivity index (χ4n) is 5.77. The van der Waals surface area contributed by atoms with Crippen LogP contribution in [0.3, 0.4) is 0 Å². The molecular formula is C35H23N3. The molecule has 0 spiro atoms. The van der Waals surface area contributed by atoms with Crippen LogP contribution in [0.4, 0.5) is 0 Å². The lowest BCUT2D eigenvalue weighted by Gasteiger charge is -2.10. The van der Waals surface area contributed by atoms with Crippen LogP contribution < -0.4 is 0 Å². The number of hydrogen-bond donors (Lipinski definition) is 0. The molecule has 8 aromatic rings. The van der Waals surface area contributed by atoms with Crippen molar-refractivity contribution >= 4 is 38.2 Å². The first kappa shape index (κ1) is 21.0. The van der Waals surface area contributed by atoms with Crippen molar-refractivity contribution in [2.45, 2.75) is 0 Å². The maximum Gasteiger partial charge on any atom is 0.0747 e. The molecular weight excluding hydrogens is 462 g/mol. The van der Waals surface area contributed by atoms with E-state index in [-0.39, 0.29) is 0 Å². The summed E-state index contributed by atoms with van der Waals surface area (Å²) in [6.45, 7) is 0. The third-order valence-electron chi connectivity index (χ3n) is 7.63. The maximum absolute atomic E-state index is 4.70. The van der Waals surface area contributed by atoms with E-state index in [0.717, 1.165) is 16.6 Å². The van der Waals surface area contributed by atoms with Crippen LogP contribution in [0.5, 0.6) is 0 Å². The van der Waals surface area contributed by atoms with E-state index in [9.17, 15) is 0 Å². The van der Waals surface area contributed by atoms with Gasteiger partial charge in [0.15, 0.2) is 0 Å². The standard InChI is InChI=1S/C35H23N3/c1-4-10-32-27(7-1)19-22-35-31(23-36-38(32)35)26-15-13-24(14-16-26)25-17-20-28(21-18-25)37-33-11-5-2-8-29(33)30-9-3-6-12-34(30)37/h1-23H. The van der Waals surface area contributed by atoms with E-state index in [1.807, 2.05) is 10.7 Å². The number of aromatic nitrogens is 3. The highest BCUT2D eigenvalue weighted by Crippen LogP contribution is 2.33. The van der Waals surface area contributed by atoms with E-state index < -0.39 is 0 Å². The second kappa shape index (κ2) is 8.19. The molecule has 3 heteroatoms. The normalized spacial score (nSPS) is 11.7. The predicted molar refractivity (Wildman–Crippen MR) is 158 cm³/mol. The number of nitrogens with zero attached hydrogens (tertiary/aromatic N) is 3. The maximum atomic E-state index is 4.70. The van der Waals surface area contributed by atoms with E-state index in [4.69, 9.17) is 5.10 Å². The summed E-state index contributed by atoms with van der Waals surface area (Å²) in [6, 6.07) is 47.6. The molecule has 0 amide bonds. The smallest absolute Gasteiger partial charge is 0.0747 e. The Morgan fingerprint density at radius 3 is 1.66 bits per heavy atom. The molecule has 0 radical (unpaired) electrons. The molecule has 178 valence electrons. The van der Waals surface area contributed by atoms with E-state index in [2.05, 4.69) is 138 Å². The van der Waals surface area contributed by atoms with Gasteiger partial charge in [-0.1, -0.05) is 97.1 Å². The lowest BCUT2D eigenvalue weighted by molar-refractivity contribution is 1.00. The summed E-state index contributed by atoms with van der Waals surface area (Å²) in [6.07, 6.45) is 1.97. The highest BCUT2D eigenvalue weighted by molar-refractivity contribution is 6.09. The van der Waals surface area contributed by atoms with Crippen molar-refractivity contribution in [3.05, 3.63) is 140 Å². The van der Waals surface area contributed by atoms with Crippen LogP contribution in [-0.2, 0) is 0 Å². The zero-order valence-electron chi connectivity index (χ0n) is 20.6. The minimum atomic E-state index is 1.12. The van der Waals surface area contributed by atoms with Crippen LogP contribution in [0, 0.1) is 0 Å². The summed E-state index contributed by atoms with van der Waals surface area (Å²) in [5, 5.41) is 8.45. The average molecular weight is 486 g/mol. The molecule has 0 saturated heterocycles. The zero-order chi connectivity index (χ0) is 25.1. The van der Waals surface area contributed by atoms with E-state index >= 15 is 0 Å². The fraction of sp³-hybridized carbons (Fsp3) is 0. The lowest BCUT2D eigenvalue weighted by atomic mass is 10.0. The van der Waals surface area contributed by atoms with E-state index in [1.54, 1.807) is 0 Å². The number of para-hydroxylation sites is 3. The molecule has 38 heavy (non-hydrogen) atoms. The summed E-state index contributed by atoms with van der Waals surface area (Å²) in [5.74, 6) is 0. The van der Waals surface area contributed by atoms with Crippen LogP contribution in [0.25, 0.3) is 66.2 Å². The fourth-order valence-corrected chi connectivity index (χ4v) is 5.77. The minimum Gasteiger partial charge on any atom is -0.309 e. The van der Waals surface area contributed by atoms with Gasteiger partial charge in [0.05, 0.1) is 28.3 Å². The summed E-state index contributed by atoms with van der Waals surface area (Å²) >= 11 is 0. The minimum absolute atomic E-state index is 1.12. The molecule has 8 rings (SSSR count). The third-order valence-corrected chi connectivity index (χ3v) is 7.63. The molecule has 3 heterocycles. The Hall–Kier alpha value is -5.15. The van der Waals surface area contributed by atoms with Gasteiger partial charge < -0.3 is 4.57 Å². The lowest BCUT2D eigenvalue weighted by Crippen LogP contribution is -1.93. The highest BCUT2D eigenvalue weighted by Gasteiger charge is 2.12. The number of pyridine rings is 1. The van der Waals surface area contributed by atoms with Crippen LogP contribution in [-0.4, -0.2) is 14.2 Å². The SMILES string of the molecule is c1ccc2c(c1)ccc1c(-c3ccc(-c4ccc(-n5c6ccccc6c6ccccc65)cc4)cc3)cnn12. The van der Waals surface area contributed by atoms with Crippen molar-refractivity contribution in [1.29, 1.82) is 0 Å². The molecule has 0 aliphatic carbocycles. The largest absolute Gasteiger partial charge is 0.309 e. The Labute approximate surface area is 219 Å². The van der Waals surface area contributed by atoms with Crippen molar-refractivity contribution in [2.24, 2.45) is 0 Å². The first-order chi connectivity index (χ1) is 18.8. The van der Waals surface area contributed by atoms with Gasteiger partial charge in [-0.2, -0.15) is 5.10 Å². The van der Waals surface area contributed by atoms with Gasteiger partial charge in [-0.05, 0) is 53.1 Å². The average Bonchev–Trinajstić information content (AvgIpc) is 3.57. The van der Waals surface area contributed by atoms with E-state index in [1.165, 1.54) is 49.6 Å². The molecule has 0 saturated carbocycles. The van der Waals surface area contributed by atoms with Crippen molar-refractivity contribution in [3.63, 3.8) is 0 Å². The molecule has 3 aromatic heterocycles. The second-order valence-corrected chi connectivity index (χ2v) is 9.74. The van der Waals surface area contributed by atoms with Crippen molar-refractivity contribution in [2.75, 3.05) is 0 Å². The Morgan fingerprint density at radius 1 is 0.421 bits per heavy atom. The first-order valence-electron chi connectivity index (χ1n) is 12.9. The van der Waals surface area contributed by atoms with E-state index in [0.29, 0.717) is 0 Å². The summed E-state index contributed by atoms with van der Waals surface area (Å²) in [5.41, 5.74) is 10.6. The Kier molecular flexibility index (Phi) is 4.52. The Morgan fingerprint density at radius 2 is 0.974 bits per heavy atom. The van der Waals surface area contributed by atoms with Gasteiger partial charge in [0.1, 0.15) is 0 Å². The third kappa shape index (κ3) is 3.12. The van der Waals surface area contributed by atoms with Gasteiger partial charge in [0.25, 0.3) is 0 Å². The van der Waals surface area contributed by atoms with Crippen LogP contribution in [0.15, 0.2) is 140 Å². The van der Waals surface area contributed by atoms with Crippen molar-refractivity contribution < 1.29 is 0 Å². The van der Waals surface area contributed by atoms with Gasteiger partial charge in [0, 0.05) is 27.4 Å². The van der Waals surface area contributed by atoms with Gasteiger partial charge in [0.2, 0.25) is 0 Å². The van der Waals surface area contributed by atoms with Crippen molar-refractivity contribution in [1.82, 2.24) is 14.2 Å². The van der Waals surface area contributed by atoms with Gasteiger partial charge >= 0.3 is 0 Å². The molecule has 0 N–H and O–H groups in total. The summed E-state index contributed by atoms with van der Waals surface area (Å²) in [7, 11) is 0. The number of rotatable bonds is 3. The monoisotopic (exact) mass is 485 g/mol. The molecule has 0 fully saturated rings. The zero-order valence-corrected chi connectivity index (χ0v) is 20.6.